The van der Waals surface area contributed by atoms with Gasteiger partial charge in [-0.3, -0.25) is 9.78 Å². The molecule has 160 valence electrons. The van der Waals surface area contributed by atoms with Crippen molar-refractivity contribution in [1.29, 1.82) is 0 Å². The van der Waals surface area contributed by atoms with Crippen LogP contribution in [0.1, 0.15) is 10.5 Å². The molecule has 0 aliphatic heterocycles. The molecule has 0 spiro atoms. The van der Waals surface area contributed by atoms with E-state index in [1.807, 2.05) is 60.7 Å². The van der Waals surface area contributed by atoms with Crippen molar-refractivity contribution in [3.8, 4) is 22.6 Å². The van der Waals surface area contributed by atoms with E-state index in [9.17, 15) is 4.79 Å². The van der Waals surface area contributed by atoms with E-state index in [-0.39, 0.29) is 11.6 Å². The molecular weight excluding hydrogens is 416 g/mol. The fourth-order valence-electron chi connectivity index (χ4n) is 3.21. The molecule has 0 atom stereocenters. The molecule has 0 saturated heterocycles. The van der Waals surface area contributed by atoms with E-state index in [2.05, 4.69) is 30.7 Å². The summed E-state index contributed by atoms with van der Waals surface area (Å²) in [5, 5.41) is 9.89. The number of rotatable bonds is 6. The zero-order valence-corrected chi connectivity index (χ0v) is 17.3. The summed E-state index contributed by atoms with van der Waals surface area (Å²) in [6.07, 6.45) is 5.14. The second-order valence-corrected chi connectivity index (χ2v) is 7.11. The lowest BCUT2D eigenvalue weighted by molar-refractivity contribution is 0.101. The Morgan fingerprint density at radius 2 is 1.67 bits per heavy atom. The molecule has 3 heterocycles. The van der Waals surface area contributed by atoms with E-state index in [0.29, 0.717) is 17.4 Å². The van der Waals surface area contributed by atoms with Crippen LogP contribution in [0.15, 0.2) is 102 Å². The van der Waals surface area contributed by atoms with Gasteiger partial charge in [0.1, 0.15) is 0 Å². The normalized spacial score (nSPS) is 10.5. The molecule has 0 aliphatic carbocycles. The molecule has 33 heavy (non-hydrogen) atoms. The molecule has 5 rings (SSSR count). The Morgan fingerprint density at radius 1 is 0.818 bits per heavy atom. The fourth-order valence-corrected chi connectivity index (χ4v) is 3.21. The number of benzene rings is 2. The third-order valence-corrected chi connectivity index (χ3v) is 4.79. The molecule has 3 aromatic heterocycles. The highest BCUT2D eigenvalue weighted by Gasteiger charge is 2.14. The molecular formula is C25H18N6O2. The summed E-state index contributed by atoms with van der Waals surface area (Å²) in [7, 11) is 0. The number of anilines is 3. The fraction of sp³-hybridized carbons (Fsp3) is 0. The predicted molar refractivity (Wildman–Crippen MR) is 125 cm³/mol. The van der Waals surface area contributed by atoms with Crippen molar-refractivity contribution in [2.75, 3.05) is 10.6 Å². The molecule has 0 fully saturated rings. The number of hydrogen-bond donors (Lipinski definition) is 2. The Balaban J connectivity index is 1.29. The van der Waals surface area contributed by atoms with Crippen molar-refractivity contribution in [1.82, 2.24) is 20.1 Å². The maximum absolute atomic E-state index is 12.6. The van der Waals surface area contributed by atoms with Gasteiger partial charge in [-0.1, -0.05) is 41.6 Å². The van der Waals surface area contributed by atoms with E-state index in [1.165, 1.54) is 0 Å². The monoisotopic (exact) mass is 434 g/mol. The van der Waals surface area contributed by atoms with Gasteiger partial charge in [-0.2, -0.15) is 0 Å². The first-order valence-corrected chi connectivity index (χ1v) is 10.2. The van der Waals surface area contributed by atoms with Crippen molar-refractivity contribution in [2.45, 2.75) is 0 Å². The standard InChI is InChI=1S/C25H18N6O2/c32-24(22-15-23(33-31-22)17-6-2-1-3-7-17)28-19-9-4-10-20(14-19)29-25-27-13-11-21(30-25)18-8-5-12-26-16-18/h1-16H,(H,28,32)(H,27,29,30). The first-order chi connectivity index (χ1) is 16.2. The van der Waals surface area contributed by atoms with Crippen molar-refractivity contribution in [3.05, 3.63) is 103 Å². The summed E-state index contributed by atoms with van der Waals surface area (Å²) >= 11 is 0. The first kappa shape index (κ1) is 20.1. The van der Waals surface area contributed by atoms with Crippen LogP contribution in [-0.4, -0.2) is 26.0 Å². The van der Waals surface area contributed by atoms with Crippen LogP contribution in [0.2, 0.25) is 0 Å². The third-order valence-electron chi connectivity index (χ3n) is 4.79. The molecule has 8 heteroatoms. The minimum absolute atomic E-state index is 0.194. The summed E-state index contributed by atoms with van der Waals surface area (Å²) in [4.78, 5) is 25.6. The Hall–Kier alpha value is -4.85. The van der Waals surface area contributed by atoms with Gasteiger partial charge in [0.2, 0.25) is 5.95 Å². The molecule has 0 saturated carbocycles. The molecule has 2 aromatic carbocycles. The second-order valence-electron chi connectivity index (χ2n) is 7.11. The van der Waals surface area contributed by atoms with Gasteiger partial charge in [0.05, 0.1) is 5.69 Å². The van der Waals surface area contributed by atoms with Crippen LogP contribution in [0.25, 0.3) is 22.6 Å². The van der Waals surface area contributed by atoms with Crippen LogP contribution in [-0.2, 0) is 0 Å². The number of aromatic nitrogens is 4. The number of hydrogen-bond acceptors (Lipinski definition) is 7. The average Bonchev–Trinajstić information content (AvgIpc) is 3.36. The zero-order valence-electron chi connectivity index (χ0n) is 17.3. The highest BCUT2D eigenvalue weighted by molar-refractivity contribution is 6.03. The maximum Gasteiger partial charge on any atom is 0.277 e. The van der Waals surface area contributed by atoms with E-state index >= 15 is 0 Å². The molecule has 0 unspecified atom stereocenters. The van der Waals surface area contributed by atoms with Crippen molar-refractivity contribution >= 4 is 23.2 Å². The molecule has 8 nitrogen and oxygen atoms in total. The van der Waals surface area contributed by atoms with Crippen molar-refractivity contribution in [3.63, 3.8) is 0 Å². The quantitative estimate of drug-likeness (QED) is 0.379. The molecule has 0 radical (unpaired) electrons. The van der Waals surface area contributed by atoms with Gasteiger partial charge in [-0.05, 0) is 36.4 Å². The summed E-state index contributed by atoms with van der Waals surface area (Å²) in [5.41, 5.74) is 4.01. The van der Waals surface area contributed by atoms with Gasteiger partial charge in [-0.25, -0.2) is 9.97 Å². The van der Waals surface area contributed by atoms with Gasteiger partial charge < -0.3 is 15.2 Å². The van der Waals surface area contributed by atoms with Crippen molar-refractivity contribution in [2.24, 2.45) is 0 Å². The van der Waals surface area contributed by atoms with Crippen molar-refractivity contribution < 1.29 is 9.32 Å². The smallest absolute Gasteiger partial charge is 0.277 e. The number of carbonyl (C=O) groups excluding carboxylic acids is 1. The number of carbonyl (C=O) groups is 1. The molecule has 5 aromatic rings. The lowest BCUT2D eigenvalue weighted by Gasteiger charge is -2.09. The SMILES string of the molecule is O=C(Nc1cccc(Nc2nccc(-c3cccnc3)n2)c1)c1cc(-c2ccccc2)on1. The number of pyridine rings is 1. The van der Waals surface area contributed by atoms with Gasteiger partial charge >= 0.3 is 0 Å². The molecule has 2 N–H and O–H groups in total. The molecule has 1 amide bonds. The highest BCUT2D eigenvalue weighted by Crippen LogP contribution is 2.23. The Bertz CT molecular complexity index is 1390. The van der Waals surface area contributed by atoms with Crippen LogP contribution in [0.4, 0.5) is 17.3 Å². The van der Waals surface area contributed by atoms with E-state index in [1.54, 1.807) is 36.8 Å². The van der Waals surface area contributed by atoms with E-state index in [4.69, 9.17) is 4.52 Å². The van der Waals surface area contributed by atoms with E-state index < -0.39 is 0 Å². The maximum atomic E-state index is 12.6. The largest absolute Gasteiger partial charge is 0.355 e. The first-order valence-electron chi connectivity index (χ1n) is 10.2. The third kappa shape index (κ3) is 4.75. The highest BCUT2D eigenvalue weighted by atomic mass is 16.5. The van der Waals surface area contributed by atoms with E-state index in [0.717, 1.165) is 22.5 Å². The van der Waals surface area contributed by atoms with Crippen LogP contribution < -0.4 is 10.6 Å². The van der Waals surface area contributed by atoms with Gasteiger partial charge in [0.25, 0.3) is 5.91 Å². The summed E-state index contributed by atoms with van der Waals surface area (Å²) < 4.78 is 5.32. The Kier molecular flexibility index (Phi) is 5.54. The molecule has 0 aliphatic rings. The van der Waals surface area contributed by atoms with Crippen LogP contribution >= 0.6 is 0 Å². The predicted octanol–water partition coefficient (Wildman–Crippen LogP) is 5.19. The minimum Gasteiger partial charge on any atom is -0.355 e. The average molecular weight is 434 g/mol. The lowest BCUT2D eigenvalue weighted by Crippen LogP contribution is -2.12. The van der Waals surface area contributed by atoms with Crippen LogP contribution in [0, 0.1) is 0 Å². The van der Waals surface area contributed by atoms with Crippen LogP contribution in [0.5, 0.6) is 0 Å². The zero-order chi connectivity index (χ0) is 22.5. The topological polar surface area (TPSA) is 106 Å². The van der Waals surface area contributed by atoms with Gasteiger partial charge in [0.15, 0.2) is 11.5 Å². The number of nitrogens with zero attached hydrogens (tertiary/aromatic N) is 4. The van der Waals surface area contributed by atoms with Gasteiger partial charge in [0, 0.05) is 47.2 Å². The second kappa shape index (κ2) is 9.11. The summed E-state index contributed by atoms with van der Waals surface area (Å²) in [5.74, 6) is 0.596. The summed E-state index contributed by atoms with van der Waals surface area (Å²) in [6.45, 7) is 0. The summed E-state index contributed by atoms with van der Waals surface area (Å²) in [6, 6.07) is 24.0. The van der Waals surface area contributed by atoms with Crippen LogP contribution in [0.3, 0.4) is 0 Å². The minimum atomic E-state index is -0.368. The Labute approximate surface area is 189 Å². The lowest BCUT2D eigenvalue weighted by atomic mass is 10.1. The molecule has 0 bridgehead atoms. The van der Waals surface area contributed by atoms with Gasteiger partial charge in [-0.15, -0.1) is 0 Å². The Morgan fingerprint density at radius 3 is 2.52 bits per heavy atom. The number of amides is 1. The number of nitrogens with one attached hydrogen (secondary N) is 2.